The lowest BCUT2D eigenvalue weighted by Gasteiger charge is -2.37. The van der Waals surface area contributed by atoms with Crippen LogP contribution >= 0.6 is 0 Å². The number of likely N-dealkylation sites (tertiary alicyclic amines) is 1. The van der Waals surface area contributed by atoms with E-state index in [9.17, 15) is 24.0 Å². The third-order valence-electron chi connectivity index (χ3n) is 8.49. The van der Waals surface area contributed by atoms with E-state index >= 15 is 0 Å². The molecule has 4 amide bonds. The van der Waals surface area contributed by atoms with Gasteiger partial charge in [0.1, 0.15) is 17.7 Å². The van der Waals surface area contributed by atoms with Crippen molar-refractivity contribution in [3.05, 3.63) is 12.7 Å². The first-order valence-electron chi connectivity index (χ1n) is 14.3. The zero-order valence-electron chi connectivity index (χ0n) is 24.3. The highest BCUT2D eigenvalue weighted by Gasteiger charge is 2.69. The minimum Gasteiger partial charge on any atom is -0.444 e. The van der Waals surface area contributed by atoms with Crippen molar-refractivity contribution in [3.8, 4) is 0 Å². The van der Waals surface area contributed by atoms with E-state index in [2.05, 4.69) is 36.4 Å². The largest absolute Gasteiger partial charge is 0.444 e. The smallest absolute Gasteiger partial charge is 0.408 e. The first-order valence-corrected chi connectivity index (χ1v) is 14.3. The molecule has 39 heavy (non-hydrogen) atoms. The van der Waals surface area contributed by atoms with Gasteiger partial charge in [-0.15, -0.1) is 6.58 Å². The molecule has 3 fully saturated rings. The number of rotatable bonds is 10. The Morgan fingerprint density at radius 2 is 1.72 bits per heavy atom. The van der Waals surface area contributed by atoms with Crippen LogP contribution in [0.25, 0.3) is 0 Å². The molecule has 3 N–H and O–H groups in total. The number of Topliss-reactive ketones (excluding diaryl/α,β-unsaturated/α-hetero) is 1. The molecule has 1 unspecified atom stereocenters. The zero-order chi connectivity index (χ0) is 29.1. The molecular weight excluding hydrogens is 500 g/mol. The number of carbonyl (C=O) groups is 5. The molecule has 1 aliphatic heterocycles. The molecule has 5 atom stereocenters. The normalized spacial score (nSPS) is 25.5. The number of piperidine rings is 1. The monoisotopic (exact) mass is 546 g/mol. The van der Waals surface area contributed by atoms with Crippen LogP contribution in [0.1, 0.15) is 80.1 Å². The minimum absolute atomic E-state index is 0.0501. The molecule has 0 aromatic heterocycles. The van der Waals surface area contributed by atoms with Crippen molar-refractivity contribution < 1.29 is 28.7 Å². The molecule has 0 aromatic rings. The highest BCUT2D eigenvalue weighted by atomic mass is 16.6. The highest BCUT2D eigenvalue weighted by Crippen LogP contribution is 2.65. The number of nitrogens with zero attached hydrogens (tertiary/aromatic N) is 1. The van der Waals surface area contributed by atoms with Crippen LogP contribution in [0.15, 0.2) is 12.7 Å². The van der Waals surface area contributed by atoms with Crippen molar-refractivity contribution in [2.24, 2.45) is 23.2 Å². The Balaban J connectivity index is 1.82. The number of hydrogen-bond acceptors (Lipinski definition) is 6. The fourth-order valence-electron chi connectivity index (χ4n) is 6.30. The van der Waals surface area contributed by atoms with Gasteiger partial charge in [-0.25, -0.2) is 4.79 Å². The summed E-state index contributed by atoms with van der Waals surface area (Å²) in [4.78, 5) is 67.1. The van der Waals surface area contributed by atoms with E-state index in [1.165, 1.54) is 6.08 Å². The van der Waals surface area contributed by atoms with Crippen molar-refractivity contribution >= 4 is 29.6 Å². The molecular formula is C29H46N4O6. The summed E-state index contributed by atoms with van der Waals surface area (Å²) in [7, 11) is 0. The van der Waals surface area contributed by atoms with E-state index in [0.29, 0.717) is 6.54 Å². The predicted molar refractivity (Wildman–Crippen MR) is 146 cm³/mol. The van der Waals surface area contributed by atoms with Gasteiger partial charge in [-0.2, -0.15) is 0 Å². The third kappa shape index (κ3) is 7.00. The van der Waals surface area contributed by atoms with E-state index in [4.69, 9.17) is 4.74 Å². The van der Waals surface area contributed by atoms with Crippen LogP contribution in [0.5, 0.6) is 0 Å². The van der Waals surface area contributed by atoms with Crippen LogP contribution in [0.4, 0.5) is 4.79 Å². The summed E-state index contributed by atoms with van der Waals surface area (Å²) in [5.41, 5.74) is -0.851. The Labute approximate surface area is 232 Å². The summed E-state index contributed by atoms with van der Waals surface area (Å²) in [6.07, 6.45) is 5.69. The van der Waals surface area contributed by atoms with Gasteiger partial charge >= 0.3 is 6.09 Å². The topological polar surface area (TPSA) is 134 Å². The van der Waals surface area contributed by atoms with Gasteiger partial charge < -0.3 is 25.6 Å². The summed E-state index contributed by atoms with van der Waals surface area (Å²) in [6, 6.07) is -2.60. The number of hydrogen-bond donors (Lipinski definition) is 3. The number of amides is 4. The van der Waals surface area contributed by atoms with Crippen molar-refractivity contribution in [1.29, 1.82) is 0 Å². The Kier molecular flexibility index (Phi) is 9.49. The van der Waals surface area contributed by atoms with Gasteiger partial charge in [-0.1, -0.05) is 46.1 Å². The zero-order valence-corrected chi connectivity index (χ0v) is 24.3. The third-order valence-corrected chi connectivity index (χ3v) is 8.49. The second-order valence-electron chi connectivity index (χ2n) is 12.7. The van der Waals surface area contributed by atoms with Crippen LogP contribution < -0.4 is 16.0 Å². The molecule has 0 bridgehead atoms. The van der Waals surface area contributed by atoms with Crippen LogP contribution in [0.2, 0.25) is 0 Å². The quantitative estimate of drug-likeness (QED) is 0.285. The molecule has 2 saturated carbocycles. The molecule has 218 valence electrons. The van der Waals surface area contributed by atoms with Crippen molar-refractivity contribution in [2.75, 3.05) is 13.1 Å². The molecule has 0 radical (unpaired) electrons. The maximum atomic E-state index is 14.1. The molecule has 0 aromatic carbocycles. The van der Waals surface area contributed by atoms with E-state index in [0.717, 1.165) is 32.1 Å². The minimum atomic E-state index is -1.01. The molecule has 10 heteroatoms. The average molecular weight is 547 g/mol. The standard InChI is InChI=1S/C29H46N4O6/c1-8-15-30-25(36)23(34)19(9-2)31-24(35)22-20-18(29(20,6)7)16-33(22)26(37)21(17-13-11-10-12-14-17)32-27(38)39-28(3,4)5/h8,17-22H,1,9-16H2,2-7H3,(H,30,36)(H,31,35)(H,32,38)/t18-,19?,20-,21-,22-/m0/s1. The summed E-state index contributed by atoms with van der Waals surface area (Å²) in [6.45, 7) is 15.2. The van der Waals surface area contributed by atoms with Gasteiger partial charge in [0.25, 0.3) is 5.91 Å². The second-order valence-corrected chi connectivity index (χ2v) is 12.7. The maximum Gasteiger partial charge on any atom is 0.408 e. The summed E-state index contributed by atoms with van der Waals surface area (Å²) < 4.78 is 5.47. The molecule has 10 nitrogen and oxygen atoms in total. The predicted octanol–water partition coefficient (Wildman–Crippen LogP) is 2.71. The van der Waals surface area contributed by atoms with E-state index in [1.807, 2.05) is 0 Å². The summed E-state index contributed by atoms with van der Waals surface area (Å²) in [5, 5.41) is 8.05. The SMILES string of the molecule is C=CCNC(=O)C(=O)C(CC)NC(=O)[C@@H]1[C@@H]2[C@H](CN1C(=O)[C@@H](NC(=O)OC(C)(C)C)C1CCCCC1)C2(C)C. The number of ether oxygens (including phenoxy) is 1. The van der Waals surface area contributed by atoms with Gasteiger partial charge in [-0.3, -0.25) is 19.2 Å². The van der Waals surface area contributed by atoms with Crippen LogP contribution in [0, 0.1) is 23.2 Å². The van der Waals surface area contributed by atoms with E-state index in [1.54, 1.807) is 32.6 Å². The maximum absolute atomic E-state index is 14.1. The van der Waals surface area contributed by atoms with Gasteiger partial charge in [0.2, 0.25) is 17.6 Å². The highest BCUT2D eigenvalue weighted by molar-refractivity contribution is 6.38. The van der Waals surface area contributed by atoms with Crippen molar-refractivity contribution in [2.45, 2.75) is 104 Å². The molecule has 2 aliphatic carbocycles. The fraction of sp³-hybridized carbons (Fsp3) is 0.759. The lowest BCUT2D eigenvalue weighted by Crippen LogP contribution is -2.59. The van der Waals surface area contributed by atoms with Gasteiger partial charge in [0.15, 0.2) is 0 Å². The summed E-state index contributed by atoms with van der Waals surface area (Å²) in [5.74, 6) is -2.25. The van der Waals surface area contributed by atoms with Gasteiger partial charge in [0, 0.05) is 13.1 Å². The average Bonchev–Trinajstić information content (AvgIpc) is 3.20. The molecule has 3 rings (SSSR count). The Bertz CT molecular complexity index is 981. The molecule has 1 saturated heterocycles. The van der Waals surface area contributed by atoms with Crippen LogP contribution in [-0.4, -0.2) is 71.3 Å². The van der Waals surface area contributed by atoms with E-state index < -0.39 is 47.4 Å². The lowest BCUT2D eigenvalue weighted by atomic mass is 9.83. The number of fused-ring (bicyclic) bond motifs is 1. The Morgan fingerprint density at radius 3 is 2.28 bits per heavy atom. The van der Waals surface area contributed by atoms with Gasteiger partial charge in [0.05, 0.1) is 6.04 Å². The Morgan fingerprint density at radius 1 is 1.08 bits per heavy atom. The van der Waals surface area contributed by atoms with Crippen molar-refractivity contribution in [1.82, 2.24) is 20.9 Å². The van der Waals surface area contributed by atoms with Crippen molar-refractivity contribution in [3.63, 3.8) is 0 Å². The second kappa shape index (κ2) is 12.1. The van der Waals surface area contributed by atoms with Gasteiger partial charge in [-0.05, 0) is 63.2 Å². The van der Waals surface area contributed by atoms with E-state index in [-0.39, 0.29) is 42.0 Å². The van der Waals surface area contributed by atoms with Crippen LogP contribution in [0.3, 0.4) is 0 Å². The summed E-state index contributed by atoms with van der Waals surface area (Å²) >= 11 is 0. The number of nitrogens with one attached hydrogen (secondary N) is 3. The fourth-order valence-corrected chi connectivity index (χ4v) is 6.30. The Hall–Kier alpha value is -2.91. The number of ketones is 1. The molecule has 0 spiro atoms. The first-order chi connectivity index (χ1) is 18.2. The lowest BCUT2D eigenvalue weighted by molar-refractivity contribution is -0.145. The first kappa shape index (κ1) is 30.6. The molecule has 1 heterocycles. The number of carbonyl (C=O) groups excluding carboxylic acids is 5. The molecule has 3 aliphatic rings. The van der Waals surface area contributed by atoms with Crippen LogP contribution in [-0.2, 0) is 23.9 Å². The number of alkyl carbamates (subject to hydrolysis) is 1.